The molecule has 1 amide bonds. The molecule has 3 heteroatoms. The van der Waals surface area contributed by atoms with Gasteiger partial charge < -0.3 is 11.1 Å². The van der Waals surface area contributed by atoms with Gasteiger partial charge in [-0.2, -0.15) is 0 Å². The molecule has 0 spiro atoms. The SMILES string of the molecule is CC(C)(N)CNC(=O)C1C(C)(C)C1(C)C. The molecule has 0 unspecified atom stereocenters. The minimum absolute atomic E-state index is 0.107. The molecule has 0 radical (unpaired) electrons. The molecule has 1 rings (SSSR count). The summed E-state index contributed by atoms with van der Waals surface area (Å²) in [5, 5.41) is 2.93. The summed E-state index contributed by atoms with van der Waals surface area (Å²) >= 11 is 0. The molecule has 0 aliphatic heterocycles. The van der Waals surface area contributed by atoms with E-state index in [1.54, 1.807) is 0 Å². The van der Waals surface area contributed by atoms with E-state index in [1.807, 2.05) is 13.8 Å². The van der Waals surface area contributed by atoms with Crippen LogP contribution in [0.1, 0.15) is 41.5 Å². The summed E-state index contributed by atoms with van der Waals surface area (Å²) in [6, 6.07) is 0. The molecule has 3 nitrogen and oxygen atoms in total. The number of hydrogen-bond acceptors (Lipinski definition) is 2. The number of nitrogens with two attached hydrogens (primary N) is 1. The zero-order valence-corrected chi connectivity index (χ0v) is 10.8. The van der Waals surface area contributed by atoms with Crippen molar-refractivity contribution in [2.75, 3.05) is 6.54 Å². The molecule has 0 heterocycles. The van der Waals surface area contributed by atoms with Crippen molar-refractivity contribution in [2.45, 2.75) is 47.1 Å². The van der Waals surface area contributed by atoms with Gasteiger partial charge in [-0.3, -0.25) is 4.79 Å². The van der Waals surface area contributed by atoms with Gasteiger partial charge in [0.2, 0.25) is 5.91 Å². The van der Waals surface area contributed by atoms with Gasteiger partial charge in [0.1, 0.15) is 0 Å². The quantitative estimate of drug-likeness (QED) is 0.745. The monoisotopic (exact) mass is 212 g/mol. The van der Waals surface area contributed by atoms with E-state index >= 15 is 0 Å². The first-order chi connectivity index (χ1) is 6.50. The Kier molecular flexibility index (Phi) is 2.67. The number of hydrogen-bond donors (Lipinski definition) is 2. The lowest BCUT2D eigenvalue weighted by molar-refractivity contribution is -0.123. The Morgan fingerprint density at radius 1 is 1.27 bits per heavy atom. The molecule has 88 valence electrons. The molecule has 0 aromatic rings. The average Bonchev–Trinajstić information content (AvgIpc) is 2.37. The van der Waals surface area contributed by atoms with E-state index in [-0.39, 0.29) is 28.2 Å². The van der Waals surface area contributed by atoms with E-state index in [1.165, 1.54) is 0 Å². The molecule has 0 atom stereocenters. The van der Waals surface area contributed by atoms with Crippen LogP contribution in [-0.2, 0) is 4.79 Å². The van der Waals surface area contributed by atoms with Gasteiger partial charge >= 0.3 is 0 Å². The van der Waals surface area contributed by atoms with E-state index in [4.69, 9.17) is 5.73 Å². The van der Waals surface area contributed by atoms with Crippen LogP contribution < -0.4 is 11.1 Å². The van der Waals surface area contributed by atoms with E-state index in [0.29, 0.717) is 6.54 Å². The minimum atomic E-state index is -0.334. The number of carbonyl (C=O) groups is 1. The highest BCUT2D eigenvalue weighted by Crippen LogP contribution is 2.68. The van der Waals surface area contributed by atoms with Crippen molar-refractivity contribution in [3.8, 4) is 0 Å². The van der Waals surface area contributed by atoms with Gasteiger partial charge in [-0.1, -0.05) is 27.7 Å². The number of nitrogens with one attached hydrogen (secondary N) is 1. The highest BCUT2D eigenvalue weighted by molar-refractivity contribution is 5.84. The molecule has 0 saturated heterocycles. The van der Waals surface area contributed by atoms with Crippen molar-refractivity contribution in [3.63, 3.8) is 0 Å². The van der Waals surface area contributed by atoms with Crippen molar-refractivity contribution in [2.24, 2.45) is 22.5 Å². The smallest absolute Gasteiger partial charge is 0.224 e. The fraction of sp³-hybridized carbons (Fsp3) is 0.917. The maximum absolute atomic E-state index is 11.9. The summed E-state index contributed by atoms with van der Waals surface area (Å²) < 4.78 is 0. The molecular formula is C12H24N2O. The Morgan fingerprint density at radius 3 is 1.93 bits per heavy atom. The predicted octanol–water partition coefficient (Wildman–Crippen LogP) is 1.52. The molecule has 0 bridgehead atoms. The van der Waals surface area contributed by atoms with Gasteiger partial charge in [0.05, 0.1) is 0 Å². The first kappa shape index (κ1) is 12.5. The van der Waals surface area contributed by atoms with Gasteiger partial charge in [-0.05, 0) is 24.7 Å². The second-order valence-corrected chi connectivity index (χ2v) is 6.58. The largest absolute Gasteiger partial charge is 0.354 e. The zero-order valence-electron chi connectivity index (χ0n) is 10.8. The van der Waals surface area contributed by atoms with Crippen LogP contribution in [0.25, 0.3) is 0 Å². The van der Waals surface area contributed by atoms with E-state index in [2.05, 4.69) is 33.0 Å². The number of amides is 1. The highest BCUT2D eigenvalue weighted by Gasteiger charge is 2.68. The summed E-state index contributed by atoms with van der Waals surface area (Å²) in [4.78, 5) is 11.9. The normalized spacial score (nSPS) is 23.7. The van der Waals surface area contributed by atoms with E-state index in [9.17, 15) is 4.79 Å². The zero-order chi connectivity index (χ0) is 12.1. The van der Waals surface area contributed by atoms with Crippen LogP contribution in [0, 0.1) is 16.7 Å². The molecule has 1 aliphatic carbocycles. The Bertz CT molecular complexity index is 260. The Labute approximate surface area is 92.8 Å². The van der Waals surface area contributed by atoms with Gasteiger partial charge in [-0.15, -0.1) is 0 Å². The van der Waals surface area contributed by atoms with Gasteiger partial charge in [0.15, 0.2) is 0 Å². The fourth-order valence-electron chi connectivity index (χ4n) is 2.27. The second kappa shape index (κ2) is 3.21. The lowest BCUT2D eigenvalue weighted by atomic mass is 10.0. The maximum Gasteiger partial charge on any atom is 0.224 e. The highest BCUT2D eigenvalue weighted by atomic mass is 16.2. The van der Waals surface area contributed by atoms with Crippen molar-refractivity contribution in [1.82, 2.24) is 5.32 Å². The molecule has 1 saturated carbocycles. The third-order valence-corrected chi connectivity index (χ3v) is 4.00. The third kappa shape index (κ3) is 2.17. The summed E-state index contributed by atoms with van der Waals surface area (Å²) in [5.74, 6) is 0.260. The topological polar surface area (TPSA) is 55.1 Å². The minimum Gasteiger partial charge on any atom is -0.354 e. The van der Waals surface area contributed by atoms with Gasteiger partial charge in [0, 0.05) is 18.0 Å². The summed E-state index contributed by atoms with van der Waals surface area (Å²) in [5.41, 5.74) is 5.70. The predicted molar refractivity (Wildman–Crippen MR) is 62.3 cm³/mol. The molecule has 0 aromatic carbocycles. The van der Waals surface area contributed by atoms with Crippen molar-refractivity contribution in [1.29, 1.82) is 0 Å². The summed E-state index contributed by atoms with van der Waals surface area (Å²) in [6.07, 6.45) is 0. The maximum atomic E-state index is 11.9. The molecule has 1 aliphatic rings. The van der Waals surface area contributed by atoms with Crippen molar-refractivity contribution in [3.05, 3.63) is 0 Å². The molecule has 0 aromatic heterocycles. The Hall–Kier alpha value is -0.570. The fourth-order valence-corrected chi connectivity index (χ4v) is 2.27. The van der Waals surface area contributed by atoms with Crippen LogP contribution in [0.5, 0.6) is 0 Å². The lowest BCUT2D eigenvalue weighted by Gasteiger charge is -2.19. The molecule has 3 N–H and O–H groups in total. The lowest BCUT2D eigenvalue weighted by Crippen LogP contribution is -2.45. The summed E-state index contributed by atoms with van der Waals surface area (Å²) in [6.45, 7) is 12.9. The molecular weight excluding hydrogens is 188 g/mol. The van der Waals surface area contributed by atoms with Crippen LogP contribution in [-0.4, -0.2) is 18.0 Å². The van der Waals surface area contributed by atoms with E-state index in [0.717, 1.165) is 0 Å². The standard InChI is InChI=1S/C12H24N2O/c1-10(2,13)7-14-9(15)8-11(3,4)12(8,5)6/h8H,7,13H2,1-6H3,(H,14,15). The van der Waals surface area contributed by atoms with E-state index < -0.39 is 0 Å². The van der Waals surface area contributed by atoms with Crippen molar-refractivity contribution < 1.29 is 4.79 Å². The van der Waals surface area contributed by atoms with Gasteiger partial charge in [-0.25, -0.2) is 0 Å². The van der Waals surface area contributed by atoms with Crippen LogP contribution in [0.2, 0.25) is 0 Å². The Morgan fingerprint density at radius 2 is 1.67 bits per heavy atom. The first-order valence-electron chi connectivity index (χ1n) is 5.57. The summed E-state index contributed by atoms with van der Waals surface area (Å²) in [7, 11) is 0. The van der Waals surface area contributed by atoms with Crippen LogP contribution in [0.15, 0.2) is 0 Å². The number of carbonyl (C=O) groups excluding carboxylic acids is 1. The van der Waals surface area contributed by atoms with Crippen LogP contribution >= 0.6 is 0 Å². The Balaban J connectivity index is 2.52. The van der Waals surface area contributed by atoms with Gasteiger partial charge in [0.25, 0.3) is 0 Å². The number of rotatable bonds is 3. The van der Waals surface area contributed by atoms with Crippen LogP contribution in [0.3, 0.4) is 0 Å². The van der Waals surface area contributed by atoms with Crippen molar-refractivity contribution >= 4 is 5.91 Å². The second-order valence-electron chi connectivity index (χ2n) is 6.58. The average molecular weight is 212 g/mol. The van der Waals surface area contributed by atoms with Crippen LogP contribution in [0.4, 0.5) is 0 Å². The molecule has 15 heavy (non-hydrogen) atoms. The first-order valence-corrected chi connectivity index (χ1v) is 5.57. The molecule has 1 fully saturated rings. The third-order valence-electron chi connectivity index (χ3n) is 4.00.